The highest BCUT2D eigenvalue weighted by Gasteiger charge is 2.32. The minimum Gasteiger partial charge on any atom is -0.485 e. The van der Waals surface area contributed by atoms with E-state index >= 15 is 4.39 Å². The van der Waals surface area contributed by atoms with E-state index < -0.39 is 28.8 Å². The third kappa shape index (κ3) is 9.17. The number of likely N-dealkylation sites (tertiary alicyclic amines) is 1. The highest BCUT2D eigenvalue weighted by atomic mass is 32.2. The molecular formula is C41H53FN12O5S. The number of fused-ring (bicyclic) bond motifs is 2. The molecule has 0 spiro atoms. The van der Waals surface area contributed by atoms with Crippen molar-refractivity contribution in [1.82, 2.24) is 43.2 Å². The summed E-state index contributed by atoms with van der Waals surface area (Å²) in [4.78, 5) is 49.0. The maximum atomic E-state index is 15.4. The Bertz CT molecular complexity index is 2500. The number of hydrogen-bond donors (Lipinski definition) is 4. The normalized spacial score (nSPS) is 17.2. The van der Waals surface area contributed by atoms with Crippen molar-refractivity contribution in [3.05, 3.63) is 76.5 Å². The standard InChI is InChI=1S/C39H47FN12O5S.C2H6/c1-23(2)57-35-34(26(20-41)21-42)43-22-51-36(35)46-38(47-51)44-29-8-7-27(19-28(29)40)58(56)48(3)14-5-15-50-16-12-24(13-17-50)25-6-9-30-32(18-25)49(4)39(55)52(30)31-10-11-33(53)45-37(31)54;1-2/h6-9,18-24,31,41H,5,10-17,42H2,1-4H3,(H,44,47)(H,45,53,54);1-2H3/b26-21+,41-20?;. The number of imidazole rings is 1. The number of benzene rings is 2. The summed E-state index contributed by atoms with van der Waals surface area (Å²) in [6.07, 6.45) is 6.64. The van der Waals surface area contributed by atoms with Crippen LogP contribution in [0.25, 0.3) is 22.3 Å². The maximum Gasteiger partial charge on any atom is 0.329 e. The van der Waals surface area contributed by atoms with E-state index in [-0.39, 0.29) is 41.5 Å². The Labute approximate surface area is 349 Å². The van der Waals surface area contributed by atoms with E-state index in [0.717, 1.165) is 56.2 Å². The van der Waals surface area contributed by atoms with Crippen LogP contribution in [0, 0.1) is 11.2 Å². The number of nitrogens with one attached hydrogen (secondary N) is 3. The minimum atomic E-state index is -1.59. The van der Waals surface area contributed by atoms with Gasteiger partial charge in [-0.3, -0.25) is 24.0 Å². The lowest BCUT2D eigenvalue weighted by Crippen LogP contribution is -2.44. The average molecular weight is 845 g/mol. The quantitative estimate of drug-likeness (QED) is 0.0895. The van der Waals surface area contributed by atoms with Gasteiger partial charge in [0.1, 0.15) is 34.9 Å². The largest absolute Gasteiger partial charge is 0.485 e. The molecule has 17 nitrogen and oxygen atoms in total. The topological polar surface area (TPSA) is 211 Å². The molecule has 5 aromatic rings. The molecule has 2 unspecified atom stereocenters. The molecule has 2 fully saturated rings. The van der Waals surface area contributed by atoms with Gasteiger partial charge in [-0.1, -0.05) is 19.9 Å². The molecule has 0 saturated carbocycles. The summed E-state index contributed by atoms with van der Waals surface area (Å²) in [6, 6.07) is 9.63. The number of aryl methyl sites for hydroxylation is 1. The molecule has 2 aromatic carbocycles. The average Bonchev–Trinajstić information content (AvgIpc) is 3.77. The van der Waals surface area contributed by atoms with Crippen molar-refractivity contribution in [3.63, 3.8) is 0 Å². The van der Waals surface area contributed by atoms with Crippen LogP contribution in [0.2, 0.25) is 0 Å². The number of anilines is 2. The molecule has 0 bridgehead atoms. The van der Waals surface area contributed by atoms with Crippen LogP contribution in [-0.2, 0) is 27.6 Å². The molecule has 0 aliphatic carbocycles. The van der Waals surface area contributed by atoms with Crippen molar-refractivity contribution in [1.29, 1.82) is 5.41 Å². The van der Waals surface area contributed by atoms with Crippen molar-refractivity contribution in [3.8, 4) is 5.75 Å². The third-order valence-electron chi connectivity index (χ3n) is 10.6. The molecule has 2 aliphatic heterocycles. The molecule has 320 valence electrons. The van der Waals surface area contributed by atoms with Gasteiger partial charge in [-0.25, -0.2) is 22.7 Å². The number of nitrogens with two attached hydrogens (primary N) is 1. The lowest BCUT2D eigenvalue weighted by molar-refractivity contribution is -0.135. The van der Waals surface area contributed by atoms with Crippen LogP contribution in [0.1, 0.15) is 83.0 Å². The first-order valence-corrected chi connectivity index (χ1v) is 21.3. The monoisotopic (exact) mass is 844 g/mol. The molecule has 2 aliphatic rings. The number of carbonyl (C=O) groups excluding carboxylic acids is 2. The molecule has 7 rings (SSSR count). The number of amides is 2. The number of nitrogens with zero attached hydrogens (tertiary/aromatic N) is 8. The summed E-state index contributed by atoms with van der Waals surface area (Å²) < 4.78 is 40.9. The second kappa shape index (κ2) is 19.1. The first kappa shape index (κ1) is 43.8. The molecule has 2 atom stereocenters. The molecule has 5 heterocycles. The van der Waals surface area contributed by atoms with Crippen LogP contribution in [0.4, 0.5) is 16.0 Å². The van der Waals surface area contributed by atoms with Gasteiger partial charge in [-0.15, -0.1) is 5.10 Å². The summed E-state index contributed by atoms with van der Waals surface area (Å²) >= 11 is 0. The third-order valence-corrected chi connectivity index (χ3v) is 12.0. The predicted molar refractivity (Wildman–Crippen MR) is 229 cm³/mol. The summed E-state index contributed by atoms with van der Waals surface area (Å²) in [5, 5.41) is 17.3. The number of carbonyl (C=O) groups is 2. The molecule has 2 amide bonds. The van der Waals surface area contributed by atoms with E-state index in [1.165, 1.54) is 33.7 Å². The van der Waals surface area contributed by atoms with Crippen molar-refractivity contribution in [2.24, 2.45) is 12.8 Å². The Hall–Kier alpha value is -5.79. The number of aromatic nitrogens is 6. The zero-order valence-electron chi connectivity index (χ0n) is 34.8. The summed E-state index contributed by atoms with van der Waals surface area (Å²) in [7, 11) is 1.88. The molecule has 0 radical (unpaired) electrons. The van der Waals surface area contributed by atoms with Crippen LogP contribution in [0.3, 0.4) is 0 Å². The SMILES string of the molecule is CC.CC(C)Oc1c(/C(C=N)=C/N)ncn2nc(Nc3ccc(S(=O)N(C)CCCN4CCC(c5ccc6c(c5)n(C)c(=O)n6C5CCC(=O)NC5=O)CC4)cc3F)nc12. The van der Waals surface area contributed by atoms with Gasteiger partial charge >= 0.3 is 5.69 Å². The van der Waals surface area contributed by atoms with Crippen molar-refractivity contribution in [2.75, 3.05) is 38.5 Å². The second-order valence-corrected chi connectivity index (χ2v) is 16.4. The van der Waals surface area contributed by atoms with E-state index in [9.17, 15) is 18.6 Å². The second-order valence-electron chi connectivity index (χ2n) is 14.8. The predicted octanol–water partition coefficient (Wildman–Crippen LogP) is 4.62. The first-order chi connectivity index (χ1) is 28.9. The van der Waals surface area contributed by atoms with E-state index in [4.69, 9.17) is 15.9 Å². The van der Waals surface area contributed by atoms with Crippen molar-refractivity contribution >= 4 is 62.9 Å². The lowest BCUT2D eigenvalue weighted by Gasteiger charge is -2.32. The molecule has 5 N–H and O–H groups in total. The highest BCUT2D eigenvalue weighted by Crippen LogP contribution is 2.32. The number of imide groups is 1. The zero-order valence-corrected chi connectivity index (χ0v) is 35.6. The summed E-state index contributed by atoms with van der Waals surface area (Å²) in [6.45, 7) is 10.8. The van der Waals surface area contributed by atoms with Gasteiger partial charge in [0.25, 0.3) is 0 Å². The number of piperidine rings is 2. The Balaban J connectivity index is 0.00000297. The maximum absolute atomic E-state index is 15.4. The Kier molecular flexibility index (Phi) is 13.9. The Morgan fingerprint density at radius 1 is 1.13 bits per heavy atom. The number of halogens is 1. The molecule has 2 saturated heterocycles. The Morgan fingerprint density at radius 2 is 1.88 bits per heavy atom. The number of allylic oxidation sites excluding steroid dienone is 1. The smallest absolute Gasteiger partial charge is 0.329 e. The van der Waals surface area contributed by atoms with E-state index in [0.29, 0.717) is 46.2 Å². The van der Waals surface area contributed by atoms with E-state index in [1.807, 2.05) is 39.8 Å². The van der Waals surface area contributed by atoms with E-state index in [2.05, 4.69) is 36.7 Å². The molecular weight excluding hydrogens is 792 g/mol. The van der Waals surface area contributed by atoms with Crippen LogP contribution < -0.4 is 26.8 Å². The van der Waals surface area contributed by atoms with Crippen LogP contribution in [0.5, 0.6) is 5.75 Å². The fourth-order valence-corrected chi connectivity index (χ4v) is 8.64. The van der Waals surface area contributed by atoms with Gasteiger partial charge in [-0.2, -0.15) is 9.50 Å². The van der Waals surface area contributed by atoms with Crippen molar-refractivity contribution in [2.45, 2.75) is 82.8 Å². The van der Waals surface area contributed by atoms with Gasteiger partial charge in [0.05, 0.1) is 27.7 Å². The van der Waals surface area contributed by atoms with Crippen LogP contribution >= 0.6 is 0 Å². The first-order valence-electron chi connectivity index (χ1n) is 20.2. The van der Waals surface area contributed by atoms with Gasteiger partial charge in [0.2, 0.25) is 23.4 Å². The fraction of sp³-hybridized carbons (Fsp3) is 0.439. The van der Waals surface area contributed by atoms with Gasteiger partial charge in [0, 0.05) is 45.0 Å². The molecule has 3 aromatic heterocycles. The van der Waals surface area contributed by atoms with E-state index in [1.54, 1.807) is 29.0 Å². The fourth-order valence-electron chi connectivity index (χ4n) is 7.59. The zero-order chi connectivity index (χ0) is 43.2. The molecule has 60 heavy (non-hydrogen) atoms. The van der Waals surface area contributed by atoms with Gasteiger partial charge in [0.15, 0.2) is 5.75 Å². The summed E-state index contributed by atoms with van der Waals surface area (Å²) in [5.74, 6) is -0.699. The van der Waals surface area contributed by atoms with Gasteiger partial charge in [-0.05, 0) is 101 Å². The number of hydrogen-bond acceptors (Lipinski definition) is 12. The number of rotatable bonds is 14. The molecule has 19 heteroatoms. The summed E-state index contributed by atoms with van der Waals surface area (Å²) in [5.41, 5.74) is 9.07. The lowest BCUT2D eigenvalue weighted by atomic mass is 9.89. The van der Waals surface area contributed by atoms with Crippen LogP contribution in [0.15, 0.2) is 58.6 Å². The van der Waals surface area contributed by atoms with Gasteiger partial charge < -0.3 is 26.1 Å². The number of ether oxygens (including phenoxy) is 1. The van der Waals surface area contributed by atoms with Crippen molar-refractivity contribution < 1.29 is 22.9 Å². The van der Waals surface area contributed by atoms with Crippen LogP contribution in [-0.4, -0.2) is 99.5 Å². The highest BCUT2D eigenvalue weighted by molar-refractivity contribution is 7.82. The Morgan fingerprint density at radius 3 is 2.55 bits per heavy atom. The minimum absolute atomic E-state index is 0.0874.